The van der Waals surface area contributed by atoms with E-state index >= 15 is 0 Å². The molecule has 2 heterocycles. The molecule has 1 aromatic carbocycles. The van der Waals surface area contributed by atoms with E-state index in [1.165, 1.54) is 0 Å². The number of urea groups is 1. The quantitative estimate of drug-likeness (QED) is 0.821. The first-order valence-corrected chi connectivity index (χ1v) is 9.79. The number of morpholine rings is 1. The van der Waals surface area contributed by atoms with Crippen LogP contribution in [0.2, 0.25) is 5.02 Å². The van der Waals surface area contributed by atoms with E-state index in [1.807, 2.05) is 25.2 Å². The van der Waals surface area contributed by atoms with Crippen molar-refractivity contribution in [2.24, 2.45) is 5.92 Å². The van der Waals surface area contributed by atoms with Crippen molar-refractivity contribution in [1.29, 1.82) is 0 Å². The van der Waals surface area contributed by atoms with Gasteiger partial charge in [0.15, 0.2) is 0 Å². The van der Waals surface area contributed by atoms with Crippen LogP contribution in [-0.4, -0.2) is 81.9 Å². The van der Waals surface area contributed by atoms with Crippen LogP contribution in [0.25, 0.3) is 0 Å². The van der Waals surface area contributed by atoms with Crippen LogP contribution in [0, 0.1) is 5.92 Å². The molecule has 1 N–H and O–H groups in total. The third-order valence-corrected chi connectivity index (χ3v) is 5.44. The minimum absolute atomic E-state index is 0.0134. The molecule has 0 aromatic heterocycles. The summed E-state index contributed by atoms with van der Waals surface area (Å²) in [5.41, 5.74) is 1.16. The van der Waals surface area contributed by atoms with E-state index in [2.05, 4.69) is 21.2 Å². The molecule has 26 heavy (non-hydrogen) atoms. The standard InChI is InChI=1S/C19H29ClN4O2/c1-22(7-8-23-9-11-26-12-10-23)19(25)21-14-16-5-6-24(15-16)18-4-2-3-17(20)13-18/h2-4,13,16H,5-12,14-15H2,1H3,(H,21,25)/t16-/m0/s1. The van der Waals surface area contributed by atoms with Crippen molar-refractivity contribution < 1.29 is 9.53 Å². The first-order valence-electron chi connectivity index (χ1n) is 9.41. The minimum Gasteiger partial charge on any atom is -0.379 e. The van der Waals surface area contributed by atoms with Gasteiger partial charge < -0.3 is 19.9 Å². The van der Waals surface area contributed by atoms with Crippen molar-refractivity contribution in [2.75, 3.05) is 71.0 Å². The molecule has 7 heteroatoms. The van der Waals surface area contributed by atoms with Crippen molar-refractivity contribution in [1.82, 2.24) is 15.1 Å². The van der Waals surface area contributed by atoms with Gasteiger partial charge in [0.05, 0.1) is 13.2 Å². The first-order chi connectivity index (χ1) is 12.6. The van der Waals surface area contributed by atoms with Crippen molar-refractivity contribution in [3.05, 3.63) is 29.3 Å². The van der Waals surface area contributed by atoms with Crippen LogP contribution in [0.15, 0.2) is 24.3 Å². The van der Waals surface area contributed by atoms with Crippen molar-refractivity contribution >= 4 is 23.3 Å². The van der Waals surface area contributed by atoms with Gasteiger partial charge in [0, 0.05) is 63.6 Å². The maximum Gasteiger partial charge on any atom is 0.317 e. The Hall–Kier alpha value is -1.50. The molecule has 2 amide bonds. The van der Waals surface area contributed by atoms with Gasteiger partial charge >= 0.3 is 6.03 Å². The van der Waals surface area contributed by atoms with Gasteiger partial charge in [0.1, 0.15) is 0 Å². The van der Waals surface area contributed by atoms with E-state index in [0.29, 0.717) is 5.92 Å². The zero-order valence-corrected chi connectivity index (χ0v) is 16.2. The fraction of sp³-hybridized carbons (Fsp3) is 0.632. The van der Waals surface area contributed by atoms with E-state index < -0.39 is 0 Å². The summed E-state index contributed by atoms with van der Waals surface area (Å²) in [5.74, 6) is 0.477. The normalized spacial score (nSPS) is 21.0. The first kappa shape index (κ1) is 19.3. The lowest BCUT2D eigenvalue weighted by Crippen LogP contribution is -2.45. The fourth-order valence-electron chi connectivity index (χ4n) is 3.49. The summed E-state index contributed by atoms with van der Waals surface area (Å²) in [7, 11) is 1.86. The number of ether oxygens (including phenoxy) is 1. The molecule has 3 rings (SSSR count). The molecule has 2 saturated heterocycles. The molecule has 144 valence electrons. The highest BCUT2D eigenvalue weighted by Crippen LogP contribution is 2.25. The molecule has 2 fully saturated rings. The highest BCUT2D eigenvalue weighted by Gasteiger charge is 2.23. The third kappa shape index (κ3) is 5.50. The van der Waals surface area contributed by atoms with Crippen LogP contribution in [0.1, 0.15) is 6.42 Å². The molecule has 6 nitrogen and oxygen atoms in total. The third-order valence-electron chi connectivity index (χ3n) is 5.20. The average molecular weight is 381 g/mol. The summed E-state index contributed by atoms with van der Waals surface area (Å²) in [6.45, 7) is 7.82. The van der Waals surface area contributed by atoms with Crippen LogP contribution < -0.4 is 10.2 Å². The Morgan fingerprint density at radius 2 is 2.15 bits per heavy atom. The molecule has 0 bridgehead atoms. The lowest BCUT2D eigenvalue weighted by atomic mass is 10.1. The number of nitrogens with zero attached hydrogens (tertiary/aromatic N) is 3. The summed E-state index contributed by atoms with van der Waals surface area (Å²) in [4.78, 5) is 18.8. The minimum atomic E-state index is 0.0134. The zero-order chi connectivity index (χ0) is 18.4. The van der Waals surface area contributed by atoms with E-state index in [4.69, 9.17) is 16.3 Å². The Bertz CT molecular complexity index is 595. The van der Waals surface area contributed by atoms with Crippen LogP contribution in [0.5, 0.6) is 0 Å². The molecular formula is C19H29ClN4O2. The van der Waals surface area contributed by atoms with Crippen LogP contribution in [0.4, 0.5) is 10.5 Å². The summed E-state index contributed by atoms with van der Waals surface area (Å²) >= 11 is 6.08. The van der Waals surface area contributed by atoms with Crippen molar-refractivity contribution in [3.8, 4) is 0 Å². The Morgan fingerprint density at radius 1 is 1.35 bits per heavy atom. The number of carbonyl (C=O) groups excluding carboxylic acids is 1. The predicted octanol–water partition coefficient (Wildman–Crippen LogP) is 2.14. The molecular weight excluding hydrogens is 352 g/mol. The molecule has 0 aliphatic carbocycles. The van der Waals surface area contributed by atoms with E-state index in [-0.39, 0.29) is 6.03 Å². The predicted molar refractivity (Wildman–Crippen MR) is 105 cm³/mol. The number of anilines is 1. The number of nitrogens with one attached hydrogen (secondary N) is 1. The molecule has 2 aliphatic rings. The number of likely N-dealkylation sites (N-methyl/N-ethyl adjacent to an activating group) is 1. The highest BCUT2D eigenvalue weighted by atomic mass is 35.5. The number of hydrogen-bond acceptors (Lipinski definition) is 4. The summed E-state index contributed by atoms with van der Waals surface area (Å²) < 4.78 is 5.35. The second-order valence-electron chi connectivity index (χ2n) is 7.14. The van der Waals surface area contributed by atoms with E-state index in [1.54, 1.807) is 4.90 Å². The van der Waals surface area contributed by atoms with Gasteiger partial charge in [-0.3, -0.25) is 4.90 Å². The van der Waals surface area contributed by atoms with Crippen LogP contribution in [0.3, 0.4) is 0 Å². The number of halogens is 1. The summed E-state index contributed by atoms with van der Waals surface area (Å²) in [6, 6.07) is 7.98. The number of amides is 2. The van der Waals surface area contributed by atoms with Gasteiger partial charge in [-0.05, 0) is 30.5 Å². The van der Waals surface area contributed by atoms with E-state index in [0.717, 1.165) is 76.2 Å². The lowest BCUT2D eigenvalue weighted by molar-refractivity contribution is 0.0357. The second-order valence-corrected chi connectivity index (χ2v) is 7.58. The van der Waals surface area contributed by atoms with Crippen molar-refractivity contribution in [3.63, 3.8) is 0 Å². The van der Waals surface area contributed by atoms with Crippen LogP contribution in [-0.2, 0) is 4.74 Å². The number of benzene rings is 1. The van der Waals surface area contributed by atoms with E-state index in [9.17, 15) is 4.79 Å². The molecule has 1 aromatic rings. The maximum absolute atomic E-state index is 12.3. The fourth-order valence-corrected chi connectivity index (χ4v) is 3.68. The largest absolute Gasteiger partial charge is 0.379 e. The van der Waals surface area contributed by atoms with Gasteiger partial charge in [0.25, 0.3) is 0 Å². The van der Waals surface area contributed by atoms with Gasteiger partial charge in [0.2, 0.25) is 0 Å². The Labute approximate surface area is 161 Å². The van der Waals surface area contributed by atoms with Gasteiger partial charge in [-0.2, -0.15) is 0 Å². The smallest absolute Gasteiger partial charge is 0.317 e. The lowest BCUT2D eigenvalue weighted by Gasteiger charge is -2.28. The summed E-state index contributed by atoms with van der Waals surface area (Å²) in [5, 5.41) is 3.85. The molecule has 0 unspecified atom stereocenters. The Kier molecular flexibility index (Phi) is 7.00. The average Bonchev–Trinajstić information content (AvgIpc) is 3.14. The van der Waals surface area contributed by atoms with Gasteiger partial charge in [-0.1, -0.05) is 17.7 Å². The SMILES string of the molecule is CN(CCN1CCOCC1)C(=O)NC[C@@H]1CCN(c2cccc(Cl)c2)C1. The summed E-state index contributed by atoms with van der Waals surface area (Å²) in [6.07, 6.45) is 1.09. The number of rotatable bonds is 6. The zero-order valence-electron chi connectivity index (χ0n) is 15.5. The Balaban J connectivity index is 1.36. The molecule has 1 atom stereocenters. The van der Waals surface area contributed by atoms with Crippen LogP contribution >= 0.6 is 11.6 Å². The van der Waals surface area contributed by atoms with Crippen molar-refractivity contribution in [2.45, 2.75) is 6.42 Å². The molecule has 2 aliphatic heterocycles. The molecule has 0 spiro atoms. The van der Waals surface area contributed by atoms with Gasteiger partial charge in [-0.15, -0.1) is 0 Å². The molecule has 0 radical (unpaired) electrons. The number of carbonyl (C=O) groups is 1. The van der Waals surface area contributed by atoms with Gasteiger partial charge in [-0.25, -0.2) is 4.79 Å². The topological polar surface area (TPSA) is 48.1 Å². The second kappa shape index (κ2) is 9.44. The monoisotopic (exact) mass is 380 g/mol. The number of hydrogen-bond donors (Lipinski definition) is 1. The molecule has 0 saturated carbocycles. The maximum atomic E-state index is 12.3. The Morgan fingerprint density at radius 3 is 2.92 bits per heavy atom. The highest BCUT2D eigenvalue weighted by molar-refractivity contribution is 6.30.